The fraction of sp³-hybridized carbons (Fsp3) is 0.318. The third-order valence-corrected chi connectivity index (χ3v) is 5.34. The summed E-state index contributed by atoms with van der Waals surface area (Å²) in [4.78, 5) is 12.3. The number of hydrogen-bond acceptors (Lipinski definition) is 4. The Hall–Kier alpha value is -2.93. The van der Waals surface area contributed by atoms with Crippen molar-refractivity contribution in [1.29, 1.82) is 0 Å². The number of nitrogens with zero attached hydrogens (tertiary/aromatic N) is 3. The van der Waals surface area contributed by atoms with Crippen LogP contribution in [0.2, 0.25) is 5.02 Å². The van der Waals surface area contributed by atoms with E-state index in [9.17, 15) is 9.18 Å². The molecule has 2 aromatic carbocycles. The summed E-state index contributed by atoms with van der Waals surface area (Å²) < 4.78 is 22.0. The highest BCUT2D eigenvalue weighted by molar-refractivity contribution is 6.30. The number of rotatable bonds is 5. The standard InChI is InChI=1S/C22H22ClFN4O2/c1-14-11-16(23)7-9-19(14)30-13-21(29)25-18-12-15(6-8-17(18)24)22-27-26-20-5-3-2-4-10-28(20)22/h6-9,11-12H,2-5,10,13H2,1H3,(H,25,29). The Balaban J connectivity index is 1.48. The van der Waals surface area contributed by atoms with Crippen LogP contribution in [-0.2, 0) is 17.8 Å². The molecule has 0 unspecified atom stereocenters. The summed E-state index contributed by atoms with van der Waals surface area (Å²) in [5.74, 6) is 1.21. The fourth-order valence-corrected chi connectivity index (χ4v) is 3.79. The highest BCUT2D eigenvalue weighted by Crippen LogP contribution is 2.27. The molecule has 1 aromatic heterocycles. The number of aromatic nitrogens is 3. The van der Waals surface area contributed by atoms with Gasteiger partial charge in [0.25, 0.3) is 5.91 Å². The number of aryl methyl sites for hydroxylation is 2. The summed E-state index contributed by atoms with van der Waals surface area (Å²) >= 11 is 5.93. The van der Waals surface area contributed by atoms with Gasteiger partial charge in [0.2, 0.25) is 0 Å². The van der Waals surface area contributed by atoms with Gasteiger partial charge in [-0.2, -0.15) is 0 Å². The quantitative estimate of drug-likeness (QED) is 0.634. The minimum absolute atomic E-state index is 0.0832. The molecule has 156 valence electrons. The van der Waals surface area contributed by atoms with E-state index in [1.54, 1.807) is 30.3 Å². The van der Waals surface area contributed by atoms with Crippen LogP contribution in [0.15, 0.2) is 36.4 Å². The molecule has 3 aromatic rings. The molecule has 1 aliphatic heterocycles. The van der Waals surface area contributed by atoms with E-state index < -0.39 is 11.7 Å². The van der Waals surface area contributed by atoms with E-state index in [1.165, 1.54) is 6.07 Å². The normalized spacial score (nSPS) is 13.4. The Kier molecular flexibility index (Phi) is 5.99. The summed E-state index contributed by atoms with van der Waals surface area (Å²) in [6.45, 7) is 2.43. The monoisotopic (exact) mass is 428 g/mol. The Morgan fingerprint density at radius 1 is 1.20 bits per heavy atom. The third kappa shape index (κ3) is 4.46. The van der Waals surface area contributed by atoms with E-state index in [1.807, 2.05) is 6.92 Å². The number of ether oxygens (including phenoxy) is 1. The van der Waals surface area contributed by atoms with Gasteiger partial charge in [0.05, 0.1) is 5.69 Å². The number of anilines is 1. The van der Waals surface area contributed by atoms with Gasteiger partial charge in [-0.15, -0.1) is 10.2 Å². The van der Waals surface area contributed by atoms with E-state index in [0.29, 0.717) is 22.2 Å². The molecule has 0 aliphatic carbocycles. The number of amides is 1. The van der Waals surface area contributed by atoms with Gasteiger partial charge in [-0.05, 0) is 61.7 Å². The predicted molar refractivity (Wildman–Crippen MR) is 113 cm³/mol. The van der Waals surface area contributed by atoms with Crippen LogP contribution < -0.4 is 10.1 Å². The Morgan fingerprint density at radius 3 is 2.90 bits per heavy atom. The number of benzene rings is 2. The van der Waals surface area contributed by atoms with E-state index in [-0.39, 0.29) is 12.3 Å². The van der Waals surface area contributed by atoms with Crippen LogP contribution in [0, 0.1) is 12.7 Å². The molecule has 1 N–H and O–H groups in total. The maximum absolute atomic E-state index is 14.3. The average Bonchev–Trinajstić information content (AvgIpc) is 2.97. The second kappa shape index (κ2) is 8.83. The van der Waals surface area contributed by atoms with Crippen molar-refractivity contribution in [2.75, 3.05) is 11.9 Å². The number of halogens is 2. The molecule has 1 aliphatic rings. The summed E-state index contributed by atoms with van der Waals surface area (Å²) in [7, 11) is 0. The second-order valence-electron chi connectivity index (χ2n) is 7.34. The lowest BCUT2D eigenvalue weighted by Crippen LogP contribution is -2.21. The number of nitrogens with one attached hydrogen (secondary N) is 1. The molecular formula is C22H22ClFN4O2. The smallest absolute Gasteiger partial charge is 0.262 e. The van der Waals surface area contributed by atoms with E-state index in [2.05, 4.69) is 20.1 Å². The summed E-state index contributed by atoms with van der Waals surface area (Å²) in [5, 5.41) is 11.8. The summed E-state index contributed by atoms with van der Waals surface area (Å²) in [6.07, 6.45) is 4.19. The zero-order valence-electron chi connectivity index (χ0n) is 16.6. The second-order valence-corrected chi connectivity index (χ2v) is 7.78. The van der Waals surface area contributed by atoms with Gasteiger partial charge in [-0.25, -0.2) is 4.39 Å². The molecule has 0 spiro atoms. The van der Waals surface area contributed by atoms with Crippen LogP contribution in [0.25, 0.3) is 11.4 Å². The molecule has 1 amide bonds. The molecule has 6 nitrogen and oxygen atoms in total. The first-order valence-corrected chi connectivity index (χ1v) is 10.3. The van der Waals surface area contributed by atoms with Crippen LogP contribution in [0.5, 0.6) is 5.75 Å². The van der Waals surface area contributed by atoms with Gasteiger partial charge >= 0.3 is 0 Å². The number of fused-ring (bicyclic) bond motifs is 1. The lowest BCUT2D eigenvalue weighted by molar-refractivity contribution is -0.118. The first-order valence-electron chi connectivity index (χ1n) is 9.92. The van der Waals surface area contributed by atoms with E-state index in [0.717, 1.165) is 43.6 Å². The molecule has 0 bridgehead atoms. The van der Waals surface area contributed by atoms with Crippen molar-refractivity contribution in [3.05, 3.63) is 58.6 Å². The Labute approximate surface area is 179 Å². The molecule has 30 heavy (non-hydrogen) atoms. The zero-order chi connectivity index (χ0) is 21.1. The van der Waals surface area contributed by atoms with Gasteiger partial charge in [0.15, 0.2) is 12.4 Å². The third-order valence-electron chi connectivity index (χ3n) is 5.10. The topological polar surface area (TPSA) is 69.0 Å². The van der Waals surface area contributed by atoms with Crippen LogP contribution in [-0.4, -0.2) is 27.3 Å². The fourth-order valence-electron chi connectivity index (χ4n) is 3.56. The molecule has 0 atom stereocenters. The lowest BCUT2D eigenvalue weighted by Gasteiger charge is -2.12. The first kappa shape index (κ1) is 20.3. The van der Waals surface area contributed by atoms with Crippen molar-refractivity contribution in [1.82, 2.24) is 14.8 Å². The molecule has 2 heterocycles. The number of carbonyl (C=O) groups excluding carboxylic acids is 1. The molecule has 8 heteroatoms. The van der Waals surface area contributed by atoms with Gasteiger partial charge in [0.1, 0.15) is 17.4 Å². The van der Waals surface area contributed by atoms with Crippen molar-refractivity contribution < 1.29 is 13.9 Å². The maximum Gasteiger partial charge on any atom is 0.262 e. The zero-order valence-corrected chi connectivity index (χ0v) is 17.4. The Morgan fingerprint density at radius 2 is 2.07 bits per heavy atom. The highest BCUT2D eigenvalue weighted by atomic mass is 35.5. The average molecular weight is 429 g/mol. The maximum atomic E-state index is 14.3. The molecule has 4 rings (SSSR count). The van der Waals surface area contributed by atoms with Crippen LogP contribution in [0.3, 0.4) is 0 Å². The molecule has 0 saturated heterocycles. The van der Waals surface area contributed by atoms with Crippen molar-refractivity contribution >= 4 is 23.2 Å². The van der Waals surface area contributed by atoms with E-state index in [4.69, 9.17) is 16.3 Å². The van der Waals surface area contributed by atoms with Crippen LogP contribution in [0.4, 0.5) is 10.1 Å². The number of carbonyl (C=O) groups is 1. The number of hydrogen-bond donors (Lipinski definition) is 1. The van der Waals surface area contributed by atoms with Crippen molar-refractivity contribution in [2.24, 2.45) is 0 Å². The molecule has 0 fully saturated rings. The van der Waals surface area contributed by atoms with Crippen molar-refractivity contribution in [3.63, 3.8) is 0 Å². The highest BCUT2D eigenvalue weighted by Gasteiger charge is 2.18. The lowest BCUT2D eigenvalue weighted by atomic mass is 10.1. The minimum atomic E-state index is -0.523. The SMILES string of the molecule is Cc1cc(Cl)ccc1OCC(=O)Nc1cc(-c2nnc3n2CCCCC3)ccc1F. The minimum Gasteiger partial charge on any atom is -0.483 e. The molecule has 0 saturated carbocycles. The first-order chi connectivity index (χ1) is 14.5. The van der Waals surface area contributed by atoms with Crippen LogP contribution in [0.1, 0.15) is 30.7 Å². The largest absolute Gasteiger partial charge is 0.483 e. The summed E-state index contributed by atoms with van der Waals surface area (Å²) in [5.41, 5.74) is 1.61. The van der Waals surface area contributed by atoms with Crippen molar-refractivity contribution in [2.45, 2.75) is 39.2 Å². The van der Waals surface area contributed by atoms with E-state index >= 15 is 0 Å². The summed E-state index contributed by atoms with van der Waals surface area (Å²) in [6, 6.07) is 9.70. The van der Waals surface area contributed by atoms with Gasteiger partial charge in [-0.3, -0.25) is 4.79 Å². The molecular weight excluding hydrogens is 407 g/mol. The van der Waals surface area contributed by atoms with Gasteiger partial charge < -0.3 is 14.6 Å². The van der Waals surface area contributed by atoms with Gasteiger partial charge in [-0.1, -0.05) is 18.0 Å². The predicted octanol–water partition coefficient (Wildman–Crippen LogP) is 4.79. The van der Waals surface area contributed by atoms with Crippen molar-refractivity contribution in [3.8, 4) is 17.1 Å². The van der Waals surface area contributed by atoms with Crippen LogP contribution >= 0.6 is 11.6 Å². The molecule has 0 radical (unpaired) electrons. The van der Waals surface area contributed by atoms with Gasteiger partial charge in [0, 0.05) is 23.6 Å². The Bertz CT molecular complexity index is 1080.